The predicted molar refractivity (Wildman–Crippen MR) is 82.1 cm³/mol. The van der Waals surface area contributed by atoms with E-state index in [4.69, 9.17) is 0 Å². The summed E-state index contributed by atoms with van der Waals surface area (Å²) in [6.45, 7) is 7.50. The summed E-state index contributed by atoms with van der Waals surface area (Å²) in [7, 11) is -2.74. The molecule has 19 heavy (non-hydrogen) atoms. The zero-order valence-corrected chi connectivity index (χ0v) is 13.6. The molecular formula is C15H31NO2S. The van der Waals surface area contributed by atoms with Gasteiger partial charge in [-0.1, -0.05) is 46.5 Å². The molecule has 1 rings (SSSR count). The average molecular weight is 289 g/mol. The lowest BCUT2D eigenvalue weighted by molar-refractivity contribution is 0.307. The molecule has 1 aliphatic heterocycles. The number of hydrogen-bond acceptors (Lipinski definition) is 3. The molecule has 0 bridgehead atoms. The second-order valence-electron chi connectivity index (χ2n) is 6.34. The normalized spacial score (nSPS) is 23.9. The highest BCUT2D eigenvalue weighted by Crippen LogP contribution is 2.29. The maximum absolute atomic E-state index is 11.6. The van der Waals surface area contributed by atoms with E-state index in [1.165, 1.54) is 32.1 Å². The average Bonchev–Trinajstić information content (AvgIpc) is 2.68. The van der Waals surface area contributed by atoms with Crippen molar-refractivity contribution >= 4 is 9.84 Å². The first-order chi connectivity index (χ1) is 8.94. The molecule has 114 valence electrons. The quantitative estimate of drug-likeness (QED) is 0.664. The van der Waals surface area contributed by atoms with Crippen LogP contribution in [0.5, 0.6) is 0 Å². The van der Waals surface area contributed by atoms with E-state index in [9.17, 15) is 8.42 Å². The molecule has 2 atom stereocenters. The maximum atomic E-state index is 11.6. The van der Waals surface area contributed by atoms with Gasteiger partial charge in [-0.25, -0.2) is 8.42 Å². The van der Waals surface area contributed by atoms with Gasteiger partial charge in [0, 0.05) is 6.04 Å². The molecular weight excluding hydrogens is 258 g/mol. The smallest absolute Gasteiger partial charge is 0.150 e. The number of rotatable bonds is 9. The van der Waals surface area contributed by atoms with Crippen molar-refractivity contribution in [2.45, 2.75) is 65.3 Å². The van der Waals surface area contributed by atoms with Crippen LogP contribution in [0.25, 0.3) is 0 Å². The van der Waals surface area contributed by atoms with E-state index >= 15 is 0 Å². The third-order valence-corrected chi connectivity index (χ3v) is 5.94. The third-order valence-electron chi connectivity index (χ3n) is 4.15. The topological polar surface area (TPSA) is 46.2 Å². The zero-order chi connectivity index (χ0) is 14.3. The van der Waals surface area contributed by atoms with Crippen LogP contribution in [0.4, 0.5) is 0 Å². The van der Waals surface area contributed by atoms with Crippen LogP contribution in [-0.2, 0) is 9.84 Å². The molecule has 1 N–H and O–H groups in total. The van der Waals surface area contributed by atoms with Crippen molar-refractivity contribution in [1.82, 2.24) is 5.32 Å². The van der Waals surface area contributed by atoms with Gasteiger partial charge in [0.15, 0.2) is 9.84 Å². The van der Waals surface area contributed by atoms with Gasteiger partial charge in [0.25, 0.3) is 0 Å². The molecule has 0 spiro atoms. The zero-order valence-electron chi connectivity index (χ0n) is 12.8. The molecule has 1 heterocycles. The van der Waals surface area contributed by atoms with E-state index in [1.807, 2.05) is 0 Å². The van der Waals surface area contributed by atoms with Crippen LogP contribution in [0.15, 0.2) is 0 Å². The van der Waals surface area contributed by atoms with Crippen LogP contribution in [0.2, 0.25) is 0 Å². The summed E-state index contributed by atoms with van der Waals surface area (Å²) in [6.07, 6.45) is 7.14. The third kappa shape index (κ3) is 6.75. The first-order valence-electron chi connectivity index (χ1n) is 7.88. The predicted octanol–water partition coefficient (Wildman–Crippen LogP) is 3.01. The number of unbranched alkanes of at least 4 members (excludes halogenated alkanes) is 3. The van der Waals surface area contributed by atoms with Crippen LogP contribution < -0.4 is 5.32 Å². The molecule has 0 amide bonds. The summed E-state index contributed by atoms with van der Waals surface area (Å²) in [4.78, 5) is 0. The van der Waals surface area contributed by atoms with E-state index in [2.05, 4.69) is 26.1 Å². The van der Waals surface area contributed by atoms with E-state index < -0.39 is 9.84 Å². The van der Waals surface area contributed by atoms with Crippen LogP contribution in [0.3, 0.4) is 0 Å². The second kappa shape index (κ2) is 8.25. The highest BCUT2D eigenvalue weighted by atomic mass is 32.2. The Labute approximate surface area is 119 Å². The fourth-order valence-corrected chi connectivity index (χ4v) is 4.84. The van der Waals surface area contributed by atoms with Crippen molar-refractivity contribution in [3.05, 3.63) is 0 Å². The standard InChI is InChI=1S/C15H31NO2S/c1-4-5-6-7-8-14(11-16-13(2)3)15-9-10-19(17,18)12-15/h13-16H,4-12H2,1-3H3. The van der Waals surface area contributed by atoms with Crippen LogP contribution in [0.1, 0.15) is 59.3 Å². The first kappa shape index (κ1) is 17.0. The van der Waals surface area contributed by atoms with Crippen molar-refractivity contribution in [2.75, 3.05) is 18.1 Å². The van der Waals surface area contributed by atoms with Crippen molar-refractivity contribution in [1.29, 1.82) is 0 Å². The fraction of sp³-hybridized carbons (Fsp3) is 1.00. The van der Waals surface area contributed by atoms with Crippen LogP contribution >= 0.6 is 0 Å². The molecule has 0 aromatic heterocycles. The van der Waals surface area contributed by atoms with Gasteiger partial charge in [0.1, 0.15) is 0 Å². The minimum Gasteiger partial charge on any atom is -0.314 e. The number of hydrogen-bond donors (Lipinski definition) is 1. The Morgan fingerprint density at radius 3 is 2.47 bits per heavy atom. The molecule has 3 nitrogen and oxygen atoms in total. The summed E-state index contributed by atoms with van der Waals surface area (Å²) in [5.41, 5.74) is 0. The summed E-state index contributed by atoms with van der Waals surface area (Å²) >= 11 is 0. The van der Waals surface area contributed by atoms with Crippen molar-refractivity contribution < 1.29 is 8.42 Å². The summed E-state index contributed by atoms with van der Waals surface area (Å²) in [5, 5.41) is 3.50. The van der Waals surface area contributed by atoms with Crippen LogP contribution in [-0.4, -0.2) is 32.5 Å². The number of sulfone groups is 1. The van der Waals surface area contributed by atoms with Crippen LogP contribution in [0, 0.1) is 11.8 Å². The second-order valence-corrected chi connectivity index (χ2v) is 8.56. The fourth-order valence-electron chi connectivity index (χ4n) is 2.92. The summed E-state index contributed by atoms with van der Waals surface area (Å²) in [6, 6.07) is 0.483. The molecule has 0 aromatic rings. The Morgan fingerprint density at radius 2 is 1.95 bits per heavy atom. The van der Waals surface area contributed by atoms with Gasteiger partial charge in [0.05, 0.1) is 11.5 Å². The summed E-state index contributed by atoms with van der Waals surface area (Å²) in [5.74, 6) is 1.75. The van der Waals surface area contributed by atoms with Gasteiger partial charge in [0.2, 0.25) is 0 Å². The van der Waals surface area contributed by atoms with E-state index in [0.29, 0.717) is 29.4 Å². The molecule has 0 saturated carbocycles. The van der Waals surface area contributed by atoms with Crippen molar-refractivity contribution in [3.63, 3.8) is 0 Å². The molecule has 1 saturated heterocycles. The highest BCUT2D eigenvalue weighted by molar-refractivity contribution is 7.91. The lowest BCUT2D eigenvalue weighted by atomic mass is 9.87. The molecule has 2 unspecified atom stereocenters. The van der Waals surface area contributed by atoms with Gasteiger partial charge in [-0.15, -0.1) is 0 Å². The Balaban J connectivity index is 2.44. The maximum Gasteiger partial charge on any atom is 0.150 e. The first-order valence-corrected chi connectivity index (χ1v) is 9.70. The van der Waals surface area contributed by atoms with Crippen molar-refractivity contribution in [2.24, 2.45) is 11.8 Å². The Kier molecular flexibility index (Phi) is 7.37. The molecule has 1 aliphatic rings. The molecule has 1 fully saturated rings. The largest absolute Gasteiger partial charge is 0.314 e. The molecule has 0 radical (unpaired) electrons. The lowest BCUT2D eigenvalue weighted by Crippen LogP contribution is -2.33. The molecule has 4 heteroatoms. The molecule has 0 aliphatic carbocycles. The summed E-state index contributed by atoms with van der Waals surface area (Å²) < 4.78 is 23.3. The lowest BCUT2D eigenvalue weighted by Gasteiger charge is -2.24. The minimum atomic E-state index is -2.74. The van der Waals surface area contributed by atoms with Gasteiger partial charge in [-0.2, -0.15) is 0 Å². The SMILES string of the molecule is CCCCCCC(CNC(C)C)C1CCS(=O)(=O)C1. The van der Waals surface area contributed by atoms with Gasteiger partial charge in [-0.05, 0) is 31.2 Å². The van der Waals surface area contributed by atoms with Gasteiger partial charge < -0.3 is 5.32 Å². The Hall–Kier alpha value is -0.0900. The number of nitrogens with one attached hydrogen (secondary N) is 1. The van der Waals surface area contributed by atoms with Crippen molar-refractivity contribution in [3.8, 4) is 0 Å². The molecule has 0 aromatic carbocycles. The monoisotopic (exact) mass is 289 g/mol. The Morgan fingerprint density at radius 1 is 1.21 bits per heavy atom. The van der Waals surface area contributed by atoms with E-state index in [-0.39, 0.29) is 0 Å². The van der Waals surface area contributed by atoms with Gasteiger partial charge in [-0.3, -0.25) is 0 Å². The van der Waals surface area contributed by atoms with E-state index in [0.717, 1.165) is 13.0 Å². The van der Waals surface area contributed by atoms with E-state index in [1.54, 1.807) is 0 Å². The minimum absolute atomic E-state index is 0.387. The highest BCUT2D eigenvalue weighted by Gasteiger charge is 2.33. The van der Waals surface area contributed by atoms with Gasteiger partial charge >= 0.3 is 0 Å². The Bertz CT molecular complexity index is 338.